The van der Waals surface area contributed by atoms with Gasteiger partial charge in [-0.05, 0) is 87.1 Å². The van der Waals surface area contributed by atoms with Gasteiger partial charge < -0.3 is 19.3 Å². The van der Waals surface area contributed by atoms with Crippen molar-refractivity contribution in [1.29, 1.82) is 0 Å². The monoisotopic (exact) mass is 560 g/mol. The minimum atomic E-state index is -0.305. The van der Waals surface area contributed by atoms with Gasteiger partial charge in [-0.1, -0.05) is 48.9 Å². The molecule has 1 saturated heterocycles. The number of nitrogens with zero attached hydrogens (tertiary/aromatic N) is 2. The molecule has 0 spiro atoms. The first kappa shape index (κ1) is 29.8. The van der Waals surface area contributed by atoms with Crippen LogP contribution >= 0.6 is 0 Å². The van der Waals surface area contributed by atoms with E-state index in [9.17, 15) is 9.59 Å². The number of esters is 1. The van der Waals surface area contributed by atoms with Crippen LogP contribution in [0.25, 0.3) is 0 Å². The van der Waals surface area contributed by atoms with E-state index < -0.39 is 0 Å². The van der Waals surface area contributed by atoms with E-state index in [1.807, 2.05) is 31.2 Å². The van der Waals surface area contributed by atoms with Crippen molar-refractivity contribution in [3.05, 3.63) is 65.7 Å². The third-order valence-electron chi connectivity index (χ3n) is 9.92. The van der Waals surface area contributed by atoms with Crippen molar-refractivity contribution in [3.8, 4) is 5.75 Å². The van der Waals surface area contributed by atoms with Gasteiger partial charge in [0.1, 0.15) is 5.75 Å². The topological polar surface area (TPSA) is 59.1 Å². The Morgan fingerprint density at radius 3 is 2.59 bits per heavy atom. The van der Waals surface area contributed by atoms with Gasteiger partial charge in [-0.2, -0.15) is 0 Å². The zero-order chi connectivity index (χ0) is 28.8. The number of fused-ring (bicyclic) bond motifs is 1. The molecule has 222 valence electrons. The molecule has 3 aliphatic rings. The molecular formula is C35H48N2O4. The van der Waals surface area contributed by atoms with Crippen molar-refractivity contribution >= 4 is 11.9 Å². The van der Waals surface area contributed by atoms with Crippen LogP contribution in [0.15, 0.2) is 54.6 Å². The SMILES string of the molecule is COC1C[C@H](N(C)C(=O)CCCCCc2ccccc2)C[C@]2(c3cccc(OC(C)=O)c3)CCN(CC3CC3)C[C@@H]12. The largest absolute Gasteiger partial charge is 0.427 e. The molecule has 5 rings (SSSR count). The van der Waals surface area contributed by atoms with Gasteiger partial charge in [0.05, 0.1) is 6.10 Å². The molecule has 0 N–H and O–H groups in total. The smallest absolute Gasteiger partial charge is 0.308 e. The number of amides is 1. The number of hydrogen-bond acceptors (Lipinski definition) is 5. The number of aryl methyl sites for hydroxylation is 1. The predicted octanol–water partition coefficient (Wildman–Crippen LogP) is 6.02. The average molecular weight is 561 g/mol. The van der Waals surface area contributed by atoms with Gasteiger partial charge in [0.2, 0.25) is 5.91 Å². The molecule has 2 aromatic rings. The molecule has 1 unspecified atom stereocenters. The van der Waals surface area contributed by atoms with Crippen molar-refractivity contribution in [1.82, 2.24) is 9.80 Å². The number of likely N-dealkylation sites (tertiary alicyclic amines) is 1. The fourth-order valence-electron chi connectivity index (χ4n) is 7.46. The summed E-state index contributed by atoms with van der Waals surface area (Å²) in [6.45, 7) is 4.69. The third kappa shape index (κ3) is 7.39. The summed E-state index contributed by atoms with van der Waals surface area (Å²) in [6, 6.07) is 18.8. The first-order chi connectivity index (χ1) is 19.9. The summed E-state index contributed by atoms with van der Waals surface area (Å²) in [5, 5.41) is 0. The first-order valence-electron chi connectivity index (χ1n) is 15.7. The van der Waals surface area contributed by atoms with Crippen LogP contribution in [0.1, 0.15) is 75.8 Å². The molecule has 6 heteroatoms. The second-order valence-electron chi connectivity index (χ2n) is 12.8. The van der Waals surface area contributed by atoms with E-state index in [0.29, 0.717) is 18.1 Å². The number of unbranched alkanes of at least 4 members (excludes halogenated alkanes) is 2. The quantitative estimate of drug-likeness (QED) is 0.181. The first-order valence-corrected chi connectivity index (χ1v) is 15.7. The van der Waals surface area contributed by atoms with Crippen molar-refractivity contribution in [2.45, 2.75) is 88.7 Å². The van der Waals surface area contributed by atoms with E-state index in [2.05, 4.69) is 47.4 Å². The minimum absolute atomic E-state index is 0.0641. The lowest BCUT2D eigenvalue weighted by atomic mass is 9.56. The Morgan fingerprint density at radius 2 is 1.85 bits per heavy atom. The van der Waals surface area contributed by atoms with E-state index >= 15 is 0 Å². The summed E-state index contributed by atoms with van der Waals surface area (Å²) in [4.78, 5) is 29.9. The predicted molar refractivity (Wildman–Crippen MR) is 162 cm³/mol. The van der Waals surface area contributed by atoms with Gasteiger partial charge in [0, 0.05) is 58.0 Å². The molecule has 1 heterocycles. The molecule has 4 atom stereocenters. The van der Waals surface area contributed by atoms with Crippen LogP contribution in [-0.2, 0) is 26.2 Å². The molecule has 3 fully saturated rings. The lowest BCUT2D eigenvalue weighted by molar-refractivity contribution is -0.138. The third-order valence-corrected chi connectivity index (χ3v) is 9.92. The summed E-state index contributed by atoms with van der Waals surface area (Å²) in [5.41, 5.74) is 2.44. The zero-order valence-electron chi connectivity index (χ0n) is 25.2. The Balaban J connectivity index is 1.29. The lowest BCUT2D eigenvalue weighted by Crippen LogP contribution is -2.61. The van der Waals surface area contributed by atoms with E-state index in [1.165, 1.54) is 37.4 Å². The van der Waals surface area contributed by atoms with E-state index in [0.717, 1.165) is 64.0 Å². The number of ether oxygens (including phenoxy) is 2. The molecular weight excluding hydrogens is 512 g/mol. The number of benzene rings is 2. The molecule has 2 aliphatic carbocycles. The number of hydrogen-bond donors (Lipinski definition) is 0. The number of piperidine rings is 1. The van der Waals surface area contributed by atoms with Crippen molar-refractivity contribution in [2.75, 3.05) is 33.8 Å². The van der Waals surface area contributed by atoms with Crippen molar-refractivity contribution < 1.29 is 19.1 Å². The van der Waals surface area contributed by atoms with Gasteiger partial charge in [-0.3, -0.25) is 9.59 Å². The molecule has 2 saturated carbocycles. The Hall–Kier alpha value is -2.70. The van der Waals surface area contributed by atoms with E-state index in [1.54, 1.807) is 0 Å². The van der Waals surface area contributed by atoms with Crippen LogP contribution in [0.4, 0.5) is 0 Å². The maximum absolute atomic E-state index is 13.4. The molecule has 41 heavy (non-hydrogen) atoms. The van der Waals surface area contributed by atoms with Gasteiger partial charge >= 0.3 is 5.97 Å². The molecule has 0 aromatic heterocycles. The van der Waals surface area contributed by atoms with Crippen molar-refractivity contribution in [3.63, 3.8) is 0 Å². The molecule has 6 nitrogen and oxygen atoms in total. The van der Waals surface area contributed by atoms with Gasteiger partial charge in [-0.25, -0.2) is 0 Å². The summed E-state index contributed by atoms with van der Waals surface area (Å²) < 4.78 is 11.8. The van der Waals surface area contributed by atoms with Gasteiger partial charge in [0.15, 0.2) is 0 Å². The highest BCUT2D eigenvalue weighted by molar-refractivity contribution is 5.76. The number of rotatable bonds is 12. The summed E-state index contributed by atoms with van der Waals surface area (Å²) in [5.74, 6) is 1.70. The fraction of sp³-hybridized carbons (Fsp3) is 0.600. The van der Waals surface area contributed by atoms with Gasteiger partial charge in [0.25, 0.3) is 0 Å². The summed E-state index contributed by atoms with van der Waals surface area (Å²) >= 11 is 0. The highest BCUT2D eigenvalue weighted by atomic mass is 16.5. The highest BCUT2D eigenvalue weighted by Gasteiger charge is 2.53. The van der Waals surface area contributed by atoms with Crippen LogP contribution in [-0.4, -0.2) is 67.6 Å². The molecule has 0 radical (unpaired) electrons. The number of methoxy groups -OCH3 is 1. The fourth-order valence-corrected chi connectivity index (χ4v) is 7.46. The Morgan fingerprint density at radius 1 is 1.05 bits per heavy atom. The Labute approximate surface area is 246 Å². The Bertz CT molecular complexity index is 1170. The second-order valence-corrected chi connectivity index (χ2v) is 12.8. The van der Waals surface area contributed by atoms with Crippen LogP contribution in [0.3, 0.4) is 0 Å². The maximum Gasteiger partial charge on any atom is 0.308 e. The van der Waals surface area contributed by atoms with E-state index in [-0.39, 0.29) is 29.4 Å². The Kier molecular flexibility index (Phi) is 9.82. The lowest BCUT2D eigenvalue weighted by Gasteiger charge is -2.56. The normalized spacial score (nSPS) is 26.3. The standard InChI is InChI=1S/C35H48N2O4/c1-26(38)41-31-15-10-14-29(21-31)35-19-20-37(24-28-17-18-28)25-32(35)33(40-3)22-30(23-35)36(2)34(39)16-9-5-8-13-27-11-6-4-7-12-27/h4,6-7,10-12,14-15,21,28,30,32-33H,5,8-9,13,16-20,22-25H2,1-3H3/t30-,32-,33?,35-/m0/s1. The maximum atomic E-state index is 13.4. The van der Waals surface area contributed by atoms with Crippen LogP contribution in [0, 0.1) is 11.8 Å². The molecule has 0 bridgehead atoms. The number of carbonyl (C=O) groups is 2. The molecule has 2 aromatic carbocycles. The minimum Gasteiger partial charge on any atom is -0.427 e. The van der Waals surface area contributed by atoms with Crippen LogP contribution < -0.4 is 4.74 Å². The summed E-state index contributed by atoms with van der Waals surface area (Å²) in [6.07, 6.45) is 10.3. The van der Waals surface area contributed by atoms with Crippen molar-refractivity contribution in [2.24, 2.45) is 11.8 Å². The average Bonchev–Trinajstić information content (AvgIpc) is 3.80. The number of carbonyl (C=O) groups excluding carboxylic acids is 2. The van der Waals surface area contributed by atoms with Crippen LogP contribution in [0.5, 0.6) is 5.75 Å². The highest BCUT2D eigenvalue weighted by Crippen LogP contribution is 2.51. The molecule has 1 amide bonds. The van der Waals surface area contributed by atoms with E-state index in [4.69, 9.17) is 9.47 Å². The van der Waals surface area contributed by atoms with Crippen LogP contribution in [0.2, 0.25) is 0 Å². The summed E-state index contributed by atoms with van der Waals surface area (Å²) in [7, 11) is 3.83. The zero-order valence-corrected chi connectivity index (χ0v) is 25.2. The second kappa shape index (κ2) is 13.5. The molecule has 1 aliphatic heterocycles. The van der Waals surface area contributed by atoms with Gasteiger partial charge in [-0.15, -0.1) is 0 Å².